The minimum Gasteiger partial charge on any atom is -0.479 e. The van der Waals surface area contributed by atoms with Crippen molar-refractivity contribution >= 4 is 11.7 Å². The lowest BCUT2D eigenvalue weighted by molar-refractivity contribution is 0.0901. The van der Waals surface area contributed by atoms with Crippen LogP contribution in [0.4, 0.5) is 10.5 Å². The number of anilines is 1. The normalized spacial score (nSPS) is 14.9. The maximum atomic E-state index is 12.3. The third-order valence-corrected chi connectivity index (χ3v) is 3.82. The predicted octanol–water partition coefficient (Wildman–Crippen LogP) is 1.77. The highest BCUT2D eigenvalue weighted by Gasteiger charge is 2.20. The number of ether oxygens (including phenoxy) is 2. The first-order valence-corrected chi connectivity index (χ1v) is 8.18. The summed E-state index contributed by atoms with van der Waals surface area (Å²) in [6, 6.07) is 8.83. The van der Waals surface area contributed by atoms with Gasteiger partial charge in [0.25, 0.3) is 0 Å². The van der Waals surface area contributed by atoms with Crippen LogP contribution in [-0.4, -0.2) is 68.4 Å². The molecule has 1 heterocycles. The van der Waals surface area contributed by atoms with Crippen molar-refractivity contribution in [1.82, 2.24) is 9.80 Å². The average Bonchev–Trinajstić information content (AvgIpc) is 2.62. The SMILES string of the molecule is CCOCCN1CCN(C(=O)Nc2ccc(OCC#N)cc2)CC1. The Morgan fingerprint density at radius 1 is 1.25 bits per heavy atom. The van der Waals surface area contributed by atoms with E-state index in [0.29, 0.717) is 24.5 Å². The van der Waals surface area contributed by atoms with Crippen LogP contribution in [0.3, 0.4) is 0 Å². The lowest BCUT2D eigenvalue weighted by atomic mass is 10.3. The van der Waals surface area contributed by atoms with Crippen LogP contribution in [0.1, 0.15) is 6.92 Å². The van der Waals surface area contributed by atoms with E-state index in [-0.39, 0.29) is 12.6 Å². The second kappa shape index (κ2) is 9.75. The fourth-order valence-corrected chi connectivity index (χ4v) is 2.47. The number of urea groups is 1. The summed E-state index contributed by atoms with van der Waals surface area (Å²) in [5.41, 5.74) is 0.711. The molecule has 130 valence electrons. The van der Waals surface area contributed by atoms with Crippen molar-refractivity contribution in [3.05, 3.63) is 24.3 Å². The van der Waals surface area contributed by atoms with Crippen LogP contribution in [0.5, 0.6) is 5.75 Å². The lowest BCUT2D eigenvalue weighted by Gasteiger charge is -2.34. The molecule has 2 amide bonds. The van der Waals surface area contributed by atoms with Gasteiger partial charge in [0.05, 0.1) is 6.61 Å². The van der Waals surface area contributed by atoms with E-state index in [2.05, 4.69) is 10.2 Å². The highest BCUT2D eigenvalue weighted by molar-refractivity contribution is 5.89. The average molecular weight is 332 g/mol. The number of amides is 2. The first-order valence-electron chi connectivity index (χ1n) is 8.18. The zero-order valence-corrected chi connectivity index (χ0v) is 14.0. The summed E-state index contributed by atoms with van der Waals surface area (Å²) in [7, 11) is 0. The molecule has 7 nitrogen and oxygen atoms in total. The topological polar surface area (TPSA) is 77.8 Å². The van der Waals surface area contributed by atoms with Gasteiger partial charge in [-0.2, -0.15) is 5.26 Å². The van der Waals surface area contributed by atoms with E-state index < -0.39 is 0 Å². The van der Waals surface area contributed by atoms with Crippen molar-refractivity contribution in [2.45, 2.75) is 6.92 Å². The number of hydrogen-bond donors (Lipinski definition) is 1. The third kappa shape index (κ3) is 5.72. The number of nitrogens with one attached hydrogen (secondary N) is 1. The largest absolute Gasteiger partial charge is 0.479 e. The van der Waals surface area contributed by atoms with E-state index in [1.807, 2.05) is 17.9 Å². The van der Waals surface area contributed by atoms with Gasteiger partial charge < -0.3 is 19.7 Å². The van der Waals surface area contributed by atoms with Crippen LogP contribution < -0.4 is 10.1 Å². The zero-order valence-electron chi connectivity index (χ0n) is 14.0. The smallest absolute Gasteiger partial charge is 0.321 e. The van der Waals surface area contributed by atoms with Crippen LogP contribution in [0.2, 0.25) is 0 Å². The molecule has 7 heteroatoms. The standard InChI is InChI=1S/C17H24N4O3/c1-2-23-14-12-20-8-10-21(11-9-20)17(22)19-15-3-5-16(6-4-15)24-13-7-18/h3-6H,2,8-14H2,1H3,(H,19,22). The molecule has 1 fully saturated rings. The Balaban J connectivity index is 1.74. The number of rotatable bonds is 7. The molecule has 1 aromatic carbocycles. The van der Waals surface area contributed by atoms with Crippen molar-refractivity contribution in [2.24, 2.45) is 0 Å². The van der Waals surface area contributed by atoms with E-state index in [9.17, 15) is 4.79 Å². The maximum absolute atomic E-state index is 12.3. The van der Waals surface area contributed by atoms with Gasteiger partial charge in [-0.15, -0.1) is 0 Å². The summed E-state index contributed by atoms with van der Waals surface area (Å²) in [6.45, 7) is 7.54. The van der Waals surface area contributed by atoms with Gasteiger partial charge in [-0.1, -0.05) is 0 Å². The van der Waals surface area contributed by atoms with Gasteiger partial charge in [-0.05, 0) is 31.2 Å². The molecule has 2 rings (SSSR count). The van der Waals surface area contributed by atoms with Crippen molar-refractivity contribution < 1.29 is 14.3 Å². The quantitative estimate of drug-likeness (QED) is 0.770. The number of nitrogens with zero attached hydrogens (tertiary/aromatic N) is 3. The fourth-order valence-electron chi connectivity index (χ4n) is 2.47. The van der Waals surface area contributed by atoms with E-state index in [1.165, 1.54) is 0 Å². The predicted molar refractivity (Wildman–Crippen MR) is 91.1 cm³/mol. The molecule has 0 saturated carbocycles. The van der Waals surface area contributed by atoms with E-state index in [1.54, 1.807) is 24.3 Å². The minimum absolute atomic E-state index is 0.0132. The number of carbonyl (C=O) groups is 1. The first kappa shape index (κ1) is 18.0. The molecule has 0 radical (unpaired) electrons. The summed E-state index contributed by atoms with van der Waals surface area (Å²) < 4.78 is 10.5. The number of nitriles is 1. The molecule has 0 unspecified atom stereocenters. The molecule has 0 spiro atoms. The Labute approximate surface area is 142 Å². The number of hydrogen-bond acceptors (Lipinski definition) is 5. The molecule has 0 aromatic heterocycles. The summed E-state index contributed by atoms with van der Waals surface area (Å²) in [5, 5.41) is 11.4. The molecule has 0 bridgehead atoms. The Morgan fingerprint density at radius 3 is 2.58 bits per heavy atom. The molecule has 1 aliphatic heterocycles. The molecule has 1 saturated heterocycles. The Morgan fingerprint density at radius 2 is 1.96 bits per heavy atom. The van der Waals surface area contributed by atoms with Crippen LogP contribution in [0, 0.1) is 11.3 Å². The van der Waals surface area contributed by atoms with E-state index >= 15 is 0 Å². The van der Waals surface area contributed by atoms with Crippen molar-refractivity contribution in [1.29, 1.82) is 5.26 Å². The third-order valence-electron chi connectivity index (χ3n) is 3.82. The molecule has 0 aliphatic carbocycles. The van der Waals surface area contributed by atoms with Crippen LogP contribution in [-0.2, 0) is 4.74 Å². The zero-order chi connectivity index (χ0) is 17.2. The molecule has 1 aromatic rings. The molecule has 24 heavy (non-hydrogen) atoms. The second-order valence-electron chi connectivity index (χ2n) is 5.43. The van der Waals surface area contributed by atoms with Crippen molar-refractivity contribution in [2.75, 3.05) is 57.9 Å². The van der Waals surface area contributed by atoms with Crippen molar-refractivity contribution in [3.63, 3.8) is 0 Å². The minimum atomic E-state index is -0.0925. The molecule has 1 aliphatic rings. The summed E-state index contributed by atoms with van der Waals surface area (Å²) in [6.07, 6.45) is 0. The van der Waals surface area contributed by atoms with Gasteiger partial charge in [0.1, 0.15) is 11.8 Å². The van der Waals surface area contributed by atoms with Gasteiger partial charge in [0, 0.05) is 45.0 Å². The second-order valence-corrected chi connectivity index (χ2v) is 5.43. The van der Waals surface area contributed by atoms with Crippen LogP contribution in [0.15, 0.2) is 24.3 Å². The molecule has 0 atom stereocenters. The molecular weight excluding hydrogens is 308 g/mol. The Bertz CT molecular complexity index is 548. The van der Waals surface area contributed by atoms with Gasteiger partial charge in [0.2, 0.25) is 0 Å². The molecular formula is C17H24N4O3. The molecule has 1 N–H and O–H groups in total. The Hall–Kier alpha value is -2.30. The van der Waals surface area contributed by atoms with Crippen molar-refractivity contribution in [3.8, 4) is 11.8 Å². The van der Waals surface area contributed by atoms with Gasteiger partial charge in [-0.3, -0.25) is 4.90 Å². The summed E-state index contributed by atoms with van der Waals surface area (Å²) in [5.74, 6) is 0.609. The van der Waals surface area contributed by atoms with E-state index in [0.717, 1.165) is 32.8 Å². The first-order chi connectivity index (χ1) is 11.7. The highest BCUT2D eigenvalue weighted by atomic mass is 16.5. The highest BCUT2D eigenvalue weighted by Crippen LogP contribution is 2.16. The maximum Gasteiger partial charge on any atom is 0.321 e. The number of benzene rings is 1. The number of piperazine rings is 1. The van der Waals surface area contributed by atoms with E-state index in [4.69, 9.17) is 14.7 Å². The van der Waals surface area contributed by atoms with Crippen LogP contribution >= 0.6 is 0 Å². The van der Waals surface area contributed by atoms with Gasteiger partial charge in [-0.25, -0.2) is 4.79 Å². The van der Waals surface area contributed by atoms with Gasteiger partial charge in [0.15, 0.2) is 6.61 Å². The fraction of sp³-hybridized carbons (Fsp3) is 0.529. The lowest BCUT2D eigenvalue weighted by Crippen LogP contribution is -2.50. The van der Waals surface area contributed by atoms with Crippen LogP contribution in [0.25, 0.3) is 0 Å². The monoisotopic (exact) mass is 332 g/mol. The van der Waals surface area contributed by atoms with Gasteiger partial charge >= 0.3 is 6.03 Å². The Kier molecular flexibility index (Phi) is 7.33. The number of carbonyl (C=O) groups excluding carboxylic acids is 1. The summed E-state index contributed by atoms with van der Waals surface area (Å²) in [4.78, 5) is 16.4. The summed E-state index contributed by atoms with van der Waals surface area (Å²) >= 11 is 0.